The second kappa shape index (κ2) is 9.89. The fraction of sp³-hybridized carbons (Fsp3) is 0.375. The number of epoxide rings is 2. The Balaban J connectivity index is 0.000000234. The van der Waals surface area contributed by atoms with Gasteiger partial charge in [0.15, 0.2) is 0 Å². The van der Waals surface area contributed by atoms with Crippen molar-refractivity contribution in [2.75, 3.05) is 26.4 Å². The molecule has 0 radical (unpaired) electrons. The van der Waals surface area contributed by atoms with Gasteiger partial charge >= 0.3 is 5.97 Å². The summed E-state index contributed by atoms with van der Waals surface area (Å²) in [6.07, 6.45) is 1.92. The van der Waals surface area contributed by atoms with Crippen LogP contribution in [0.2, 0.25) is 0 Å². The predicted octanol–water partition coefficient (Wildman–Crippen LogP) is 3.61. The van der Waals surface area contributed by atoms with E-state index in [9.17, 15) is 9.90 Å². The molecule has 0 saturated carbocycles. The van der Waals surface area contributed by atoms with Gasteiger partial charge in [0.1, 0.15) is 23.7 Å². The van der Waals surface area contributed by atoms with Gasteiger partial charge in [-0.3, -0.25) is 0 Å². The van der Waals surface area contributed by atoms with E-state index in [0.29, 0.717) is 18.0 Å². The Hall–Kier alpha value is -2.67. The van der Waals surface area contributed by atoms with E-state index in [1.807, 2.05) is 24.3 Å². The summed E-state index contributed by atoms with van der Waals surface area (Å²) in [7, 11) is 0. The largest absolute Gasteiger partial charge is 0.508 e. The molecule has 2 atom stereocenters. The zero-order valence-corrected chi connectivity index (χ0v) is 17.4. The average molecular weight is 412 g/mol. The van der Waals surface area contributed by atoms with Crippen molar-refractivity contribution >= 4 is 5.97 Å². The molecule has 4 rings (SSSR count). The van der Waals surface area contributed by atoms with Crippen molar-refractivity contribution in [1.82, 2.24) is 0 Å². The summed E-state index contributed by atoms with van der Waals surface area (Å²) in [4.78, 5) is 11.2. The van der Waals surface area contributed by atoms with Gasteiger partial charge in [0, 0.05) is 11.5 Å². The van der Waals surface area contributed by atoms with E-state index in [2.05, 4.69) is 20.4 Å². The van der Waals surface area contributed by atoms with Crippen molar-refractivity contribution in [3.05, 3.63) is 72.3 Å². The molecule has 6 heteroatoms. The lowest BCUT2D eigenvalue weighted by atomic mass is 9.78. The van der Waals surface area contributed by atoms with Crippen LogP contribution in [0, 0.1) is 0 Å². The van der Waals surface area contributed by atoms with Crippen LogP contribution < -0.4 is 4.74 Å². The monoisotopic (exact) mass is 412 g/mol. The molecule has 30 heavy (non-hydrogen) atoms. The van der Waals surface area contributed by atoms with Crippen molar-refractivity contribution < 1.29 is 28.8 Å². The highest BCUT2D eigenvalue weighted by molar-refractivity contribution is 5.83. The molecule has 160 valence electrons. The van der Waals surface area contributed by atoms with Crippen LogP contribution in [-0.4, -0.2) is 49.7 Å². The van der Waals surface area contributed by atoms with Gasteiger partial charge in [-0.05, 0) is 35.4 Å². The third kappa shape index (κ3) is 6.69. The van der Waals surface area contributed by atoms with Crippen LogP contribution in [0.15, 0.2) is 61.2 Å². The number of carbonyl (C=O) groups is 1. The van der Waals surface area contributed by atoms with Gasteiger partial charge in [0.05, 0.1) is 26.4 Å². The Labute approximate surface area is 177 Å². The minimum atomic E-state index is -0.472. The normalized spacial score (nSPS) is 19.3. The Morgan fingerprint density at radius 2 is 1.50 bits per heavy atom. The van der Waals surface area contributed by atoms with Crippen LogP contribution in [0.25, 0.3) is 0 Å². The maximum absolute atomic E-state index is 11.2. The van der Waals surface area contributed by atoms with Crippen LogP contribution in [0.4, 0.5) is 0 Å². The molecule has 2 unspecified atom stereocenters. The first kappa shape index (κ1) is 22.0. The van der Waals surface area contributed by atoms with Crippen molar-refractivity contribution in [3.8, 4) is 11.5 Å². The van der Waals surface area contributed by atoms with Crippen molar-refractivity contribution in [2.24, 2.45) is 0 Å². The molecule has 2 fully saturated rings. The van der Waals surface area contributed by atoms with Gasteiger partial charge in [-0.25, -0.2) is 4.79 Å². The minimum Gasteiger partial charge on any atom is -0.508 e. The van der Waals surface area contributed by atoms with E-state index >= 15 is 0 Å². The molecule has 2 aromatic rings. The third-order valence-electron chi connectivity index (χ3n) is 4.96. The fourth-order valence-corrected chi connectivity index (χ4v) is 2.80. The Morgan fingerprint density at radius 1 is 1.03 bits per heavy atom. The van der Waals surface area contributed by atoms with Crippen LogP contribution >= 0.6 is 0 Å². The summed E-state index contributed by atoms with van der Waals surface area (Å²) in [5.41, 5.74) is 1.97. The molecule has 0 amide bonds. The molecule has 2 saturated heterocycles. The number of esters is 1. The van der Waals surface area contributed by atoms with Crippen molar-refractivity contribution in [3.63, 3.8) is 0 Å². The maximum Gasteiger partial charge on any atom is 0.335 e. The summed E-state index contributed by atoms with van der Waals surface area (Å²) < 4.78 is 20.2. The number of ether oxygens (including phenoxy) is 4. The highest BCUT2D eigenvalue weighted by Gasteiger charge is 2.26. The number of phenols is 1. The molecular formula is C24H28O6. The number of hydrogen-bond donors (Lipinski definition) is 1. The number of aromatic hydroxyl groups is 1. The summed E-state index contributed by atoms with van der Waals surface area (Å²) in [5.74, 6) is 0.270. The Morgan fingerprint density at radius 3 is 1.93 bits per heavy atom. The molecule has 2 aromatic carbocycles. The molecule has 0 spiro atoms. The third-order valence-corrected chi connectivity index (χ3v) is 4.96. The number of rotatable bonds is 8. The van der Waals surface area contributed by atoms with Gasteiger partial charge in [0.25, 0.3) is 0 Å². The van der Waals surface area contributed by atoms with Crippen molar-refractivity contribution in [2.45, 2.75) is 31.5 Å². The second-order valence-electron chi connectivity index (χ2n) is 7.77. The van der Waals surface area contributed by atoms with Gasteiger partial charge < -0.3 is 24.1 Å². The number of carbonyl (C=O) groups excluding carboxylic acids is 1. The molecule has 1 N–H and O–H groups in total. The first-order chi connectivity index (χ1) is 14.4. The van der Waals surface area contributed by atoms with Crippen LogP contribution in [-0.2, 0) is 24.4 Å². The zero-order valence-electron chi connectivity index (χ0n) is 17.4. The Kier molecular flexibility index (Phi) is 7.26. The summed E-state index contributed by atoms with van der Waals surface area (Å²) in [5, 5.41) is 9.38. The Bertz CT molecular complexity index is 821. The maximum atomic E-state index is 11.2. The van der Waals surface area contributed by atoms with E-state index < -0.39 is 5.97 Å². The lowest BCUT2D eigenvalue weighted by Gasteiger charge is -2.26. The minimum absolute atomic E-state index is 0.214. The van der Waals surface area contributed by atoms with E-state index in [1.165, 1.54) is 0 Å². The topological polar surface area (TPSA) is 80.8 Å². The predicted molar refractivity (Wildman–Crippen MR) is 113 cm³/mol. The number of phenolic OH excluding ortho intramolecular Hbond substituents is 1. The first-order valence-corrected chi connectivity index (χ1v) is 9.93. The van der Waals surface area contributed by atoms with E-state index in [-0.39, 0.29) is 11.2 Å². The van der Waals surface area contributed by atoms with Crippen molar-refractivity contribution in [1.29, 1.82) is 0 Å². The lowest BCUT2D eigenvalue weighted by Crippen LogP contribution is -2.18. The van der Waals surface area contributed by atoms with Gasteiger partial charge in [0.2, 0.25) is 0 Å². The van der Waals surface area contributed by atoms with Gasteiger partial charge in [-0.2, -0.15) is 0 Å². The average Bonchev–Trinajstić information content (AvgIpc) is 3.65. The molecule has 2 aliphatic heterocycles. The smallest absolute Gasteiger partial charge is 0.335 e. The van der Waals surface area contributed by atoms with E-state index in [1.54, 1.807) is 24.3 Å². The van der Waals surface area contributed by atoms with Crippen LogP contribution in [0.5, 0.6) is 11.5 Å². The summed E-state index contributed by atoms with van der Waals surface area (Å²) in [6.45, 7) is 10.8. The molecule has 2 heterocycles. The summed E-state index contributed by atoms with van der Waals surface area (Å²) in [6, 6.07) is 14.5. The molecule has 0 aromatic heterocycles. The fourth-order valence-electron chi connectivity index (χ4n) is 2.80. The molecule has 6 nitrogen and oxygen atoms in total. The van der Waals surface area contributed by atoms with Gasteiger partial charge in [-0.15, -0.1) is 0 Å². The zero-order chi connectivity index (χ0) is 21.6. The molecular weight excluding hydrogens is 384 g/mol. The van der Waals surface area contributed by atoms with Gasteiger partial charge in [-0.1, -0.05) is 44.7 Å². The highest BCUT2D eigenvalue weighted by atomic mass is 16.6. The molecule has 0 aliphatic carbocycles. The van der Waals surface area contributed by atoms with E-state index in [4.69, 9.17) is 18.9 Å². The number of hydrogen-bond acceptors (Lipinski definition) is 6. The van der Waals surface area contributed by atoms with Crippen LogP contribution in [0.1, 0.15) is 25.0 Å². The highest BCUT2D eigenvalue weighted by Crippen LogP contribution is 2.33. The second-order valence-corrected chi connectivity index (χ2v) is 7.77. The SMILES string of the molecule is C(OCC1CO1)C1CO1.C=CC(=O)Oc1ccc(C(C)(C)c2ccc(O)cc2)cc1. The first-order valence-electron chi connectivity index (χ1n) is 9.93. The van der Waals surface area contributed by atoms with E-state index in [0.717, 1.165) is 43.6 Å². The van der Waals surface area contributed by atoms with Crippen LogP contribution in [0.3, 0.4) is 0 Å². The summed E-state index contributed by atoms with van der Waals surface area (Å²) >= 11 is 0. The quantitative estimate of drug-likeness (QED) is 0.309. The molecule has 2 aliphatic rings. The lowest BCUT2D eigenvalue weighted by molar-refractivity contribution is -0.128. The standard InChI is InChI=1S/C18H18O3.C6H10O3/c1-4-17(20)21-16-11-7-14(8-12-16)18(2,3)13-5-9-15(19)10-6-13;1(5-3-8-5)7-2-6-4-9-6/h4-12,19H,1H2,2-3H3;5-6H,1-4H2. The number of benzene rings is 2. The molecule has 0 bridgehead atoms.